The molecule has 1 unspecified atom stereocenters. The Labute approximate surface area is 85.8 Å². The average Bonchev–Trinajstić information content (AvgIpc) is 3.00. The molecule has 0 bridgehead atoms. The molecule has 1 saturated carbocycles. The van der Waals surface area contributed by atoms with Crippen molar-refractivity contribution in [3.63, 3.8) is 0 Å². The lowest BCUT2D eigenvalue weighted by atomic mass is 10.0. The van der Waals surface area contributed by atoms with Crippen molar-refractivity contribution in [2.24, 2.45) is 11.8 Å². The van der Waals surface area contributed by atoms with Gasteiger partial charge in [-0.3, -0.25) is 4.79 Å². The van der Waals surface area contributed by atoms with Gasteiger partial charge in [0.05, 0.1) is 0 Å². The van der Waals surface area contributed by atoms with Gasteiger partial charge in [-0.15, -0.1) is 0 Å². The van der Waals surface area contributed by atoms with E-state index in [1.54, 1.807) is 0 Å². The van der Waals surface area contributed by atoms with Gasteiger partial charge in [0.15, 0.2) is 0 Å². The summed E-state index contributed by atoms with van der Waals surface area (Å²) in [6, 6.07) is 0.492. The monoisotopic (exact) mass is 196 g/mol. The third-order valence-electron chi connectivity index (χ3n) is 3.25. The van der Waals surface area contributed by atoms with Crippen LogP contribution in [0.25, 0.3) is 0 Å². The molecule has 1 saturated heterocycles. The van der Waals surface area contributed by atoms with Crippen molar-refractivity contribution in [2.75, 3.05) is 19.6 Å². The van der Waals surface area contributed by atoms with E-state index in [9.17, 15) is 4.79 Å². The predicted octanol–water partition coefficient (Wildman–Crippen LogP) is 0.853. The Morgan fingerprint density at radius 3 is 2.71 bits per heavy atom. The number of hydrogen-bond acceptors (Lipinski definition) is 2. The van der Waals surface area contributed by atoms with Crippen LogP contribution in [0.2, 0.25) is 0 Å². The number of hydrogen-bond donors (Lipinski definition) is 1. The van der Waals surface area contributed by atoms with Crippen LogP contribution in [0.5, 0.6) is 0 Å². The fourth-order valence-electron chi connectivity index (χ4n) is 2.01. The summed E-state index contributed by atoms with van der Waals surface area (Å²) >= 11 is 0. The largest absolute Gasteiger partial charge is 0.340 e. The molecule has 0 spiro atoms. The average molecular weight is 196 g/mol. The second-order valence-corrected chi connectivity index (χ2v) is 4.86. The first-order valence-electron chi connectivity index (χ1n) is 5.70. The van der Waals surface area contributed by atoms with Crippen LogP contribution in [0.4, 0.5) is 0 Å². The third-order valence-corrected chi connectivity index (χ3v) is 3.25. The van der Waals surface area contributed by atoms with Crippen LogP contribution in [0, 0.1) is 11.8 Å². The molecule has 0 aromatic carbocycles. The van der Waals surface area contributed by atoms with Crippen LogP contribution in [-0.2, 0) is 4.79 Å². The van der Waals surface area contributed by atoms with Gasteiger partial charge in [-0.1, -0.05) is 13.8 Å². The summed E-state index contributed by atoms with van der Waals surface area (Å²) in [7, 11) is 0. The lowest BCUT2D eigenvalue weighted by Crippen LogP contribution is -2.54. The number of rotatable bonds is 2. The van der Waals surface area contributed by atoms with Crippen molar-refractivity contribution < 1.29 is 4.79 Å². The highest BCUT2D eigenvalue weighted by Crippen LogP contribution is 2.31. The highest BCUT2D eigenvalue weighted by Gasteiger charge is 2.35. The maximum absolute atomic E-state index is 11.8. The van der Waals surface area contributed by atoms with Crippen molar-refractivity contribution in [1.29, 1.82) is 0 Å². The number of carbonyl (C=O) groups is 1. The van der Waals surface area contributed by atoms with Gasteiger partial charge < -0.3 is 10.2 Å². The number of amides is 1. The highest BCUT2D eigenvalue weighted by atomic mass is 16.2. The lowest BCUT2D eigenvalue weighted by molar-refractivity contribution is -0.133. The second-order valence-electron chi connectivity index (χ2n) is 4.86. The molecule has 14 heavy (non-hydrogen) atoms. The first-order valence-corrected chi connectivity index (χ1v) is 5.70. The van der Waals surface area contributed by atoms with Crippen LogP contribution in [-0.4, -0.2) is 36.5 Å². The fraction of sp³-hybridized carbons (Fsp3) is 0.909. The summed E-state index contributed by atoms with van der Waals surface area (Å²) in [5.74, 6) is 1.39. The third kappa shape index (κ3) is 2.08. The molecule has 80 valence electrons. The molecule has 2 aliphatic rings. The van der Waals surface area contributed by atoms with Crippen molar-refractivity contribution in [2.45, 2.75) is 32.7 Å². The number of nitrogens with one attached hydrogen (secondary N) is 1. The molecule has 0 aromatic rings. The SMILES string of the molecule is CC(C)C1CN(C(=O)C2CC2)CCN1. The van der Waals surface area contributed by atoms with Gasteiger partial charge in [0.1, 0.15) is 0 Å². The van der Waals surface area contributed by atoms with Gasteiger partial charge >= 0.3 is 0 Å². The number of nitrogens with zero attached hydrogens (tertiary/aromatic N) is 1. The zero-order chi connectivity index (χ0) is 10.1. The summed E-state index contributed by atoms with van der Waals surface area (Å²) in [6.45, 7) is 7.19. The number of carbonyl (C=O) groups excluding carboxylic acids is 1. The Hall–Kier alpha value is -0.570. The van der Waals surface area contributed by atoms with Gasteiger partial charge in [0.2, 0.25) is 5.91 Å². The van der Waals surface area contributed by atoms with E-state index in [0.29, 0.717) is 23.8 Å². The van der Waals surface area contributed by atoms with Crippen molar-refractivity contribution in [3.05, 3.63) is 0 Å². The first kappa shape index (κ1) is 9.97. The highest BCUT2D eigenvalue weighted by molar-refractivity contribution is 5.81. The van der Waals surface area contributed by atoms with Gasteiger partial charge in [-0.05, 0) is 18.8 Å². The van der Waals surface area contributed by atoms with Crippen LogP contribution in [0.3, 0.4) is 0 Å². The molecule has 1 aliphatic carbocycles. The normalized spacial score (nSPS) is 28.2. The van der Waals surface area contributed by atoms with Crippen molar-refractivity contribution in [1.82, 2.24) is 10.2 Å². The Kier molecular flexibility index (Phi) is 2.77. The van der Waals surface area contributed by atoms with E-state index in [1.165, 1.54) is 0 Å². The molecule has 2 rings (SSSR count). The molecular weight excluding hydrogens is 176 g/mol. The molecular formula is C11H20N2O. The first-order chi connectivity index (χ1) is 6.68. The molecule has 2 fully saturated rings. The molecule has 3 heteroatoms. The molecule has 0 radical (unpaired) electrons. The summed E-state index contributed by atoms with van der Waals surface area (Å²) < 4.78 is 0. The van der Waals surface area contributed by atoms with Crippen LogP contribution >= 0.6 is 0 Å². The minimum absolute atomic E-state index is 0.376. The Bertz CT molecular complexity index is 223. The zero-order valence-corrected chi connectivity index (χ0v) is 9.12. The molecule has 3 nitrogen and oxygen atoms in total. The summed E-state index contributed by atoms with van der Waals surface area (Å²) in [5, 5.41) is 3.47. The maximum Gasteiger partial charge on any atom is 0.225 e. The topological polar surface area (TPSA) is 32.3 Å². The predicted molar refractivity (Wildman–Crippen MR) is 55.9 cm³/mol. The molecule has 1 atom stereocenters. The Morgan fingerprint density at radius 1 is 1.43 bits per heavy atom. The summed E-state index contributed by atoms with van der Waals surface area (Å²) in [4.78, 5) is 13.9. The fourth-order valence-corrected chi connectivity index (χ4v) is 2.01. The minimum Gasteiger partial charge on any atom is -0.340 e. The van der Waals surface area contributed by atoms with Crippen LogP contribution in [0.15, 0.2) is 0 Å². The van der Waals surface area contributed by atoms with E-state index >= 15 is 0 Å². The van der Waals surface area contributed by atoms with Crippen LogP contribution < -0.4 is 5.32 Å². The molecule has 1 N–H and O–H groups in total. The molecule has 0 aromatic heterocycles. The number of piperazine rings is 1. The van der Waals surface area contributed by atoms with E-state index in [2.05, 4.69) is 24.1 Å². The van der Waals surface area contributed by atoms with E-state index in [1.807, 2.05) is 0 Å². The molecule has 1 aliphatic heterocycles. The Balaban J connectivity index is 1.89. The van der Waals surface area contributed by atoms with Crippen molar-refractivity contribution in [3.8, 4) is 0 Å². The summed E-state index contributed by atoms with van der Waals surface area (Å²) in [6.07, 6.45) is 2.24. The van der Waals surface area contributed by atoms with Gasteiger partial charge in [-0.2, -0.15) is 0 Å². The quantitative estimate of drug-likeness (QED) is 0.710. The Morgan fingerprint density at radius 2 is 2.14 bits per heavy atom. The van der Waals surface area contributed by atoms with E-state index in [0.717, 1.165) is 32.5 Å². The van der Waals surface area contributed by atoms with Gasteiger partial charge in [0, 0.05) is 31.6 Å². The minimum atomic E-state index is 0.376. The van der Waals surface area contributed by atoms with E-state index < -0.39 is 0 Å². The lowest BCUT2D eigenvalue weighted by Gasteiger charge is -2.35. The van der Waals surface area contributed by atoms with E-state index in [-0.39, 0.29) is 0 Å². The maximum atomic E-state index is 11.8. The smallest absolute Gasteiger partial charge is 0.225 e. The second kappa shape index (κ2) is 3.89. The van der Waals surface area contributed by atoms with Crippen molar-refractivity contribution >= 4 is 5.91 Å². The molecule has 1 heterocycles. The van der Waals surface area contributed by atoms with Gasteiger partial charge in [-0.25, -0.2) is 0 Å². The molecule has 1 amide bonds. The zero-order valence-electron chi connectivity index (χ0n) is 9.12. The van der Waals surface area contributed by atoms with Crippen LogP contribution in [0.1, 0.15) is 26.7 Å². The standard InChI is InChI=1S/C11H20N2O/c1-8(2)10-7-13(6-5-12-10)11(14)9-3-4-9/h8-10,12H,3-7H2,1-2H3. The van der Waals surface area contributed by atoms with E-state index in [4.69, 9.17) is 0 Å². The van der Waals surface area contributed by atoms with Gasteiger partial charge in [0.25, 0.3) is 0 Å². The summed E-state index contributed by atoms with van der Waals surface area (Å²) in [5.41, 5.74) is 0.